The second-order valence-electron chi connectivity index (χ2n) is 3.17. The molecule has 0 atom stereocenters. The van der Waals surface area contributed by atoms with E-state index in [-0.39, 0.29) is 5.56 Å². The first kappa shape index (κ1) is 16.1. The van der Waals surface area contributed by atoms with E-state index in [2.05, 4.69) is 47.8 Å². The minimum atomic E-state index is -4.14. The van der Waals surface area contributed by atoms with Gasteiger partial charge in [-0.25, -0.2) is 4.79 Å². The molecular weight excluding hydrogens is 460 g/mol. The minimum Gasteiger partial charge on any atom is -0.461 e. The van der Waals surface area contributed by atoms with Crippen LogP contribution in [0.2, 0.25) is 0 Å². The Bertz CT molecular complexity index is 547. The summed E-state index contributed by atoms with van der Waals surface area (Å²) in [4.78, 5) is 11.7. The SMILES string of the molecule is O=C(OCCS(=O)(=O)O)c1c(Br)cc(Br)cc1Br. The van der Waals surface area contributed by atoms with Gasteiger partial charge in [0.05, 0.1) is 5.56 Å². The lowest BCUT2D eigenvalue weighted by Crippen LogP contribution is -2.15. The smallest absolute Gasteiger partial charge is 0.340 e. The number of hydrogen-bond donors (Lipinski definition) is 1. The second-order valence-corrected chi connectivity index (χ2v) is 7.36. The molecule has 0 heterocycles. The van der Waals surface area contributed by atoms with Gasteiger partial charge in [-0.3, -0.25) is 4.55 Å². The molecule has 0 amide bonds. The monoisotopic (exact) mass is 464 g/mol. The van der Waals surface area contributed by atoms with Crippen LogP contribution in [0.5, 0.6) is 0 Å². The maximum atomic E-state index is 11.7. The number of esters is 1. The molecule has 0 aliphatic rings. The summed E-state index contributed by atoms with van der Waals surface area (Å²) in [6, 6.07) is 3.31. The molecule has 100 valence electrons. The lowest BCUT2D eigenvalue weighted by atomic mass is 10.2. The Balaban J connectivity index is 2.80. The van der Waals surface area contributed by atoms with Gasteiger partial charge in [-0.15, -0.1) is 0 Å². The Morgan fingerprint density at radius 1 is 1.22 bits per heavy atom. The van der Waals surface area contributed by atoms with Crippen molar-refractivity contribution in [1.29, 1.82) is 0 Å². The molecule has 0 bridgehead atoms. The summed E-state index contributed by atoms with van der Waals surface area (Å²) in [5, 5.41) is 0. The molecule has 0 saturated heterocycles. The zero-order chi connectivity index (χ0) is 13.9. The van der Waals surface area contributed by atoms with Crippen LogP contribution in [0.25, 0.3) is 0 Å². The van der Waals surface area contributed by atoms with Gasteiger partial charge in [0.15, 0.2) is 0 Å². The quantitative estimate of drug-likeness (QED) is 0.545. The van der Waals surface area contributed by atoms with E-state index in [0.717, 1.165) is 4.47 Å². The molecule has 0 saturated carbocycles. The predicted molar refractivity (Wildman–Crippen MR) is 76.2 cm³/mol. The zero-order valence-electron chi connectivity index (χ0n) is 8.69. The molecule has 0 radical (unpaired) electrons. The van der Waals surface area contributed by atoms with Crippen LogP contribution in [0.1, 0.15) is 10.4 Å². The summed E-state index contributed by atoms with van der Waals surface area (Å²) in [5.74, 6) is -1.32. The molecule has 0 aromatic heterocycles. The summed E-state index contributed by atoms with van der Waals surface area (Å²) >= 11 is 9.65. The van der Waals surface area contributed by atoms with Crippen molar-refractivity contribution in [3.8, 4) is 0 Å². The first-order valence-electron chi connectivity index (χ1n) is 4.47. The molecule has 1 rings (SSSR count). The summed E-state index contributed by atoms with van der Waals surface area (Å²) in [7, 11) is -4.14. The Hall–Kier alpha value is 0.0400. The number of halogens is 3. The molecule has 5 nitrogen and oxygen atoms in total. The van der Waals surface area contributed by atoms with Gasteiger partial charge < -0.3 is 4.74 Å². The van der Waals surface area contributed by atoms with Crippen molar-refractivity contribution in [1.82, 2.24) is 0 Å². The maximum absolute atomic E-state index is 11.7. The standard InChI is InChI=1S/C9H7Br3O5S/c10-5-3-6(11)8(7(12)4-5)9(13)17-1-2-18(14,15)16/h3-4H,1-2H2,(H,14,15,16). The fraction of sp³-hybridized carbons (Fsp3) is 0.222. The number of hydrogen-bond acceptors (Lipinski definition) is 4. The molecule has 1 aromatic rings. The van der Waals surface area contributed by atoms with E-state index in [0.29, 0.717) is 8.95 Å². The maximum Gasteiger partial charge on any atom is 0.340 e. The lowest BCUT2D eigenvalue weighted by Gasteiger charge is -2.08. The van der Waals surface area contributed by atoms with Crippen LogP contribution in [0.3, 0.4) is 0 Å². The summed E-state index contributed by atoms with van der Waals surface area (Å²) in [6.45, 7) is -0.410. The van der Waals surface area contributed by atoms with Gasteiger partial charge in [0.25, 0.3) is 10.1 Å². The third kappa shape index (κ3) is 4.96. The van der Waals surface area contributed by atoms with E-state index >= 15 is 0 Å². The van der Waals surface area contributed by atoms with Gasteiger partial charge in [0.1, 0.15) is 12.4 Å². The summed E-state index contributed by atoms with van der Waals surface area (Å²) in [6.07, 6.45) is 0. The average molecular weight is 467 g/mol. The van der Waals surface area contributed by atoms with Crippen LogP contribution in [-0.2, 0) is 14.9 Å². The Morgan fingerprint density at radius 2 is 1.72 bits per heavy atom. The van der Waals surface area contributed by atoms with Crippen molar-refractivity contribution in [3.63, 3.8) is 0 Å². The van der Waals surface area contributed by atoms with Crippen molar-refractivity contribution in [2.75, 3.05) is 12.4 Å². The van der Waals surface area contributed by atoms with E-state index < -0.39 is 28.4 Å². The molecule has 0 spiro atoms. The normalized spacial score (nSPS) is 11.3. The van der Waals surface area contributed by atoms with Gasteiger partial charge in [0.2, 0.25) is 0 Å². The highest BCUT2D eigenvalue weighted by Crippen LogP contribution is 2.30. The molecule has 1 aromatic carbocycles. The highest BCUT2D eigenvalue weighted by molar-refractivity contribution is 9.11. The molecule has 1 N–H and O–H groups in total. The number of rotatable bonds is 4. The number of carbonyl (C=O) groups excluding carboxylic acids is 1. The number of carbonyl (C=O) groups is 1. The van der Waals surface area contributed by atoms with Crippen LogP contribution >= 0.6 is 47.8 Å². The van der Waals surface area contributed by atoms with Crippen LogP contribution < -0.4 is 0 Å². The summed E-state index contributed by atoms with van der Waals surface area (Å²) < 4.78 is 36.0. The van der Waals surface area contributed by atoms with Crippen molar-refractivity contribution < 1.29 is 22.5 Å². The van der Waals surface area contributed by atoms with E-state index in [1.807, 2.05) is 0 Å². The number of benzene rings is 1. The topological polar surface area (TPSA) is 80.7 Å². The molecule has 9 heteroatoms. The third-order valence-corrected chi connectivity index (χ3v) is 4.18. The first-order chi connectivity index (χ1) is 8.20. The minimum absolute atomic E-state index is 0.244. The molecule has 0 fully saturated rings. The van der Waals surface area contributed by atoms with Crippen molar-refractivity contribution in [2.45, 2.75) is 0 Å². The zero-order valence-corrected chi connectivity index (χ0v) is 14.3. The predicted octanol–water partition coefficient (Wildman–Crippen LogP) is 3.02. The Labute approximate surface area is 129 Å². The van der Waals surface area contributed by atoms with E-state index in [9.17, 15) is 13.2 Å². The molecule has 0 unspecified atom stereocenters. The van der Waals surface area contributed by atoms with Crippen LogP contribution in [0, 0.1) is 0 Å². The second kappa shape index (κ2) is 6.47. The summed E-state index contributed by atoms with van der Waals surface area (Å²) in [5.41, 5.74) is 0.244. The molecular formula is C9H7Br3O5S. The third-order valence-electron chi connectivity index (χ3n) is 1.79. The van der Waals surface area contributed by atoms with E-state index in [1.54, 1.807) is 12.1 Å². The fourth-order valence-corrected chi connectivity index (χ4v) is 3.93. The van der Waals surface area contributed by atoms with Crippen LogP contribution in [0.4, 0.5) is 0 Å². The molecule has 0 aliphatic heterocycles. The van der Waals surface area contributed by atoms with Crippen molar-refractivity contribution in [2.24, 2.45) is 0 Å². The first-order valence-corrected chi connectivity index (χ1v) is 8.46. The highest BCUT2D eigenvalue weighted by atomic mass is 79.9. The van der Waals surface area contributed by atoms with Crippen molar-refractivity contribution in [3.05, 3.63) is 31.1 Å². The van der Waals surface area contributed by atoms with Gasteiger partial charge in [-0.2, -0.15) is 8.42 Å². The Kier molecular flexibility index (Phi) is 5.78. The van der Waals surface area contributed by atoms with Gasteiger partial charge >= 0.3 is 5.97 Å². The Morgan fingerprint density at radius 3 is 2.17 bits per heavy atom. The van der Waals surface area contributed by atoms with Crippen molar-refractivity contribution >= 4 is 63.9 Å². The lowest BCUT2D eigenvalue weighted by molar-refractivity contribution is 0.0526. The van der Waals surface area contributed by atoms with Crippen LogP contribution in [-0.4, -0.2) is 31.3 Å². The van der Waals surface area contributed by atoms with Gasteiger partial charge in [-0.1, -0.05) is 15.9 Å². The van der Waals surface area contributed by atoms with E-state index in [4.69, 9.17) is 9.29 Å². The highest BCUT2D eigenvalue weighted by Gasteiger charge is 2.17. The fourth-order valence-electron chi connectivity index (χ4n) is 1.05. The van der Waals surface area contributed by atoms with Gasteiger partial charge in [0, 0.05) is 13.4 Å². The average Bonchev–Trinajstić information content (AvgIpc) is 2.13. The molecule has 0 aliphatic carbocycles. The largest absolute Gasteiger partial charge is 0.461 e. The van der Waals surface area contributed by atoms with E-state index in [1.165, 1.54) is 0 Å². The van der Waals surface area contributed by atoms with Crippen LogP contribution in [0.15, 0.2) is 25.6 Å². The number of ether oxygens (including phenoxy) is 1. The molecule has 18 heavy (non-hydrogen) atoms. The van der Waals surface area contributed by atoms with Gasteiger partial charge in [-0.05, 0) is 44.0 Å².